The van der Waals surface area contributed by atoms with E-state index in [0.717, 1.165) is 48.1 Å². The molecule has 9 nitrogen and oxygen atoms in total. The van der Waals surface area contributed by atoms with Gasteiger partial charge in [0.25, 0.3) is 5.91 Å². The number of nitrogens with zero attached hydrogens (tertiary/aromatic N) is 3. The van der Waals surface area contributed by atoms with Gasteiger partial charge < -0.3 is 29.0 Å². The lowest BCUT2D eigenvalue weighted by Gasteiger charge is -2.35. The van der Waals surface area contributed by atoms with Crippen LogP contribution < -0.4 is 19.5 Å². The molecule has 9 heteroatoms. The van der Waals surface area contributed by atoms with E-state index in [0.29, 0.717) is 48.7 Å². The second-order valence-corrected chi connectivity index (χ2v) is 11.2. The van der Waals surface area contributed by atoms with Crippen LogP contribution in [0.25, 0.3) is 11.0 Å². The molecule has 44 heavy (non-hydrogen) atoms. The topological polar surface area (TPSA) is 94.9 Å². The lowest BCUT2D eigenvalue weighted by atomic mass is 9.93. The highest BCUT2D eigenvalue weighted by Gasteiger charge is 2.27. The van der Waals surface area contributed by atoms with E-state index < -0.39 is 0 Å². The van der Waals surface area contributed by atoms with E-state index in [2.05, 4.69) is 26.9 Å². The summed E-state index contributed by atoms with van der Waals surface area (Å²) in [4.78, 5) is 34.0. The molecule has 1 aliphatic carbocycles. The number of carbonyl (C=O) groups is 2. The molecule has 1 saturated carbocycles. The summed E-state index contributed by atoms with van der Waals surface area (Å²) < 4.78 is 18.2. The minimum atomic E-state index is -0.239. The molecule has 0 aliphatic heterocycles. The molecule has 1 fully saturated rings. The van der Waals surface area contributed by atoms with Gasteiger partial charge >= 0.3 is 0 Å². The maximum atomic E-state index is 14.0. The number of nitrogens with one attached hydrogen (secondary N) is 1. The van der Waals surface area contributed by atoms with Crippen molar-refractivity contribution < 1.29 is 23.8 Å². The van der Waals surface area contributed by atoms with Gasteiger partial charge in [0.15, 0.2) is 11.5 Å². The van der Waals surface area contributed by atoms with Gasteiger partial charge in [0, 0.05) is 31.1 Å². The SMILES string of the molecule is COc1cc(C(=O)NCCCc2nc3ccccc3n2CC(=O)N(Cc2ccccc2)C2CCCCC2)cc(OC)c1OC. The third kappa shape index (κ3) is 7.15. The van der Waals surface area contributed by atoms with Crippen molar-refractivity contribution in [2.75, 3.05) is 27.9 Å². The maximum Gasteiger partial charge on any atom is 0.251 e. The Morgan fingerprint density at radius 3 is 2.27 bits per heavy atom. The first kappa shape index (κ1) is 30.9. The Morgan fingerprint density at radius 1 is 0.909 bits per heavy atom. The molecular formula is C35H42N4O5. The minimum absolute atomic E-state index is 0.112. The smallest absolute Gasteiger partial charge is 0.251 e. The summed E-state index contributed by atoms with van der Waals surface area (Å²) in [5, 5.41) is 2.99. The number of benzene rings is 3. The molecule has 1 aliphatic rings. The van der Waals surface area contributed by atoms with Crippen LogP contribution in [0, 0.1) is 0 Å². The molecular weight excluding hydrogens is 556 g/mol. The summed E-state index contributed by atoms with van der Waals surface area (Å²) in [5.41, 5.74) is 3.37. The van der Waals surface area contributed by atoms with Crippen LogP contribution in [0.3, 0.4) is 0 Å². The van der Waals surface area contributed by atoms with Crippen LogP contribution in [0.4, 0.5) is 0 Å². The summed E-state index contributed by atoms with van der Waals surface area (Å²) >= 11 is 0. The first-order chi connectivity index (χ1) is 21.5. The van der Waals surface area contributed by atoms with Crippen LogP contribution in [0.1, 0.15) is 60.3 Å². The molecule has 3 aromatic carbocycles. The Morgan fingerprint density at radius 2 is 1.59 bits per heavy atom. The standard InChI is InChI=1S/C35H42N4O5/c1-42-30-21-26(22-31(43-2)34(30)44-3)35(41)36-20-12-19-32-37-28-17-10-11-18-29(28)39(32)24-33(40)38(27-15-8-5-9-16-27)23-25-13-6-4-7-14-25/h4,6-7,10-11,13-14,17-18,21-22,27H,5,8-9,12,15-16,19-20,23-24H2,1-3H3,(H,36,41). The van der Waals surface area contributed by atoms with Crippen molar-refractivity contribution in [2.45, 2.75) is 64.1 Å². The quantitative estimate of drug-likeness (QED) is 0.196. The van der Waals surface area contributed by atoms with Gasteiger partial charge in [-0.1, -0.05) is 61.7 Å². The van der Waals surface area contributed by atoms with E-state index in [4.69, 9.17) is 19.2 Å². The second-order valence-electron chi connectivity index (χ2n) is 11.2. The van der Waals surface area contributed by atoms with Crippen LogP contribution in [0.2, 0.25) is 0 Å². The molecule has 1 N–H and O–H groups in total. The van der Waals surface area contributed by atoms with Gasteiger partial charge in [-0.05, 0) is 49.1 Å². The normalized spacial score (nSPS) is 13.4. The number of aromatic nitrogens is 2. The number of methoxy groups -OCH3 is 3. The fraction of sp³-hybridized carbons (Fsp3) is 0.400. The molecule has 0 unspecified atom stereocenters. The summed E-state index contributed by atoms with van der Waals surface area (Å²) in [6, 6.07) is 21.7. The first-order valence-corrected chi connectivity index (χ1v) is 15.4. The van der Waals surface area contributed by atoms with Crippen LogP contribution in [-0.4, -0.2) is 60.2 Å². The third-order valence-corrected chi connectivity index (χ3v) is 8.35. The van der Waals surface area contributed by atoms with Gasteiger partial charge in [-0.2, -0.15) is 0 Å². The first-order valence-electron chi connectivity index (χ1n) is 15.4. The van der Waals surface area contributed by atoms with Crippen molar-refractivity contribution in [2.24, 2.45) is 0 Å². The summed E-state index contributed by atoms with van der Waals surface area (Å²) in [5.74, 6) is 1.99. The zero-order valence-corrected chi connectivity index (χ0v) is 25.9. The molecule has 5 rings (SSSR count). The summed E-state index contributed by atoms with van der Waals surface area (Å²) in [6.45, 7) is 1.28. The summed E-state index contributed by atoms with van der Waals surface area (Å²) in [7, 11) is 4.57. The van der Waals surface area contributed by atoms with Crippen LogP contribution >= 0.6 is 0 Å². The highest BCUT2D eigenvalue weighted by molar-refractivity contribution is 5.95. The highest BCUT2D eigenvalue weighted by Crippen LogP contribution is 2.38. The fourth-order valence-corrected chi connectivity index (χ4v) is 6.08. The number of ether oxygens (including phenoxy) is 3. The van der Waals surface area contributed by atoms with E-state index in [1.165, 1.54) is 27.8 Å². The molecule has 0 atom stereocenters. The van der Waals surface area contributed by atoms with E-state index in [1.54, 1.807) is 12.1 Å². The number of fused-ring (bicyclic) bond motifs is 1. The number of hydrogen-bond acceptors (Lipinski definition) is 6. The Hall–Kier alpha value is -4.53. The number of amides is 2. The Kier molecular flexibility index (Phi) is 10.4. The Labute approximate surface area is 259 Å². The average molecular weight is 599 g/mol. The number of carbonyl (C=O) groups excluding carboxylic acids is 2. The van der Waals surface area contributed by atoms with E-state index in [-0.39, 0.29) is 24.4 Å². The van der Waals surface area contributed by atoms with Gasteiger partial charge in [0.2, 0.25) is 11.7 Å². The van der Waals surface area contributed by atoms with Crippen LogP contribution in [0.15, 0.2) is 66.7 Å². The molecule has 4 aromatic rings. The molecule has 0 spiro atoms. The number of rotatable bonds is 13. The maximum absolute atomic E-state index is 14.0. The molecule has 2 amide bonds. The minimum Gasteiger partial charge on any atom is -0.493 e. The zero-order valence-electron chi connectivity index (χ0n) is 25.9. The molecule has 1 heterocycles. The van der Waals surface area contributed by atoms with Gasteiger partial charge in [0.05, 0.1) is 32.4 Å². The monoisotopic (exact) mass is 598 g/mol. The molecule has 0 bridgehead atoms. The molecule has 232 valence electrons. The predicted molar refractivity (Wildman–Crippen MR) is 170 cm³/mol. The fourth-order valence-electron chi connectivity index (χ4n) is 6.08. The zero-order chi connectivity index (χ0) is 30.9. The second kappa shape index (κ2) is 14.8. The predicted octanol–water partition coefficient (Wildman–Crippen LogP) is 5.79. The molecule has 0 radical (unpaired) electrons. The van der Waals surface area contributed by atoms with E-state index in [1.807, 2.05) is 42.5 Å². The Balaban J connectivity index is 1.29. The van der Waals surface area contributed by atoms with Crippen molar-refractivity contribution in [3.8, 4) is 17.2 Å². The van der Waals surface area contributed by atoms with Crippen molar-refractivity contribution >= 4 is 22.8 Å². The number of aryl methyl sites for hydroxylation is 1. The lowest BCUT2D eigenvalue weighted by molar-refractivity contribution is -0.135. The highest BCUT2D eigenvalue weighted by atomic mass is 16.5. The average Bonchev–Trinajstić information content (AvgIpc) is 3.42. The lowest BCUT2D eigenvalue weighted by Crippen LogP contribution is -2.42. The Bertz CT molecular complexity index is 1540. The molecule has 1 aromatic heterocycles. The number of imidazole rings is 1. The number of para-hydroxylation sites is 2. The van der Waals surface area contributed by atoms with Crippen molar-refractivity contribution in [1.82, 2.24) is 19.8 Å². The van der Waals surface area contributed by atoms with E-state index in [9.17, 15) is 9.59 Å². The molecule has 0 saturated heterocycles. The van der Waals surface area contributed by atoms with Gasteiger partial charge in [-0.3, -0.25) is 9.59 Å². The van der Waals surface area contributed by atoms with Crippen molar-refractivity contribution in [3.63, 3.8) is 0 Å². The van der Waals surface area contributed by atoms with E-state index >= 15 is 0 Å². The van der Waals surface area contributed by atoms with Crippen molar-refractivity contribution in [1.29, 1.82) is 0 Å². The number of hydrogen-bond donors (Lipinski definition) is 1. The largest absolute Gasteiger partial charge is 0.493 e. The van der Waals surface area contributed by atoms with Crippen LogP contribution in [0.5, 0.6) is 17.2 Å². The van der Waals surface area contributed by atoms with Crippen molar-refractivity contribution in [3.05, 3.63) is 83.7 Å². The van der Waals surface area contributed by atoms with Gasteiger partial charge in [0.1, 0.15) is 12.4 Å². The van der Waals surface area contributed by atoms with Gasteiger partial charge in [-0.15, -0.1) is 0 Å². The van der Waals surface area contributed by atoms with Crippen LogP contribution in [-0.2, 0) is 24.3 Å². The summed E-state index contributed by atoms with van der Waals surface area (Å²) in [6.07, 6.45) is 6.90. The van der Waals surface area contributed by atoms with Gasteiger partial charge in [-0.25, -0.2) is 4.98 Å². The third-order valence-electron chi connectivity index (χ3n) is 8.35.